The Morgan fingerprint density at radius 3 is 2.71 bits per heavy atom. The summed E-state index contributed by atoms with van der Waals surface area (Å²) in [5.41, 5.74) is 6.60. The minimum Gasteiger partial charge on any atom is -0.378 e. The number of thioether (sulfide) groups is 1. The standard InChI is InChI=1S/C25H22BrIN6OS/c1-17-12-20(27)10-11-22(17)28-15-23-30-32-25(33(23)21-8-3-2-4-9-21)35-16-24(34)31-29-14-18-6-5-7-19(26)13-18/h2-14,28H,15-16H2,1H3,(H,31,34)/b29-14-. The highest BCUT2D eigenvalue weighted by molar-refractivity contribution is 14.1. The molecule has 0 unspecified atom stereocenters. The van der Waals surface area contributed by atoms with Crippen molar-refractivity contribution in [2.24, 2.45) is 5.10 Å². The number of benzene rings is 3. The zero-order valence-corrected chi connectivity index (χ0v) is 23.3. The van der Waals surface area contributed by atoms with E-state index in [-0.39, 0.29) is 11.7 Å². The maximum atomic E-state index is 12.4. The Kier molecular flexibility index (Phi) is 8.94. The summed E-state index contributed by atoms with van der Waals surface area (Å²) in [6.07, 6.45) is 1.61. The number of carbonyl (C=O) groups is 1. The summed E-state index contributed by atoms with van der Waals surface area (Å²) in [6, 6.07) is 23.8. The fourth-order valence-corrected chi connectivity index (χ4v) is 5.10. The van der Waals surface area contributed by atoms with Gasteiger partial charge in [-0.2, -0.15) is 5.10 Å². The van der Waals surface area contributed by atoms with Crippen molar-refractivity contribution in [3.63, 3.8) is 0 Å². The maximum Gasteiger partial charge on any atom is 0.250 e. The van der Waals surface area contributed by atoms with Crippen molar-refractivity contribution < 1.29 is 4.79 Å². The lowest BCUT2D eigenvalue weighted by Gasteiger charge is -2.12. The van der Waals surface area contributed by atoms with Crippen LogP contribution in [0, 0.1) is 10.5 Å². The number of nitrogens with zero attached hydrogens (tertiary/aromatic N) is 4. The summed E-state index contributed by atoms with van der Waals surface area (Å²) in [5.74, 6) is 0.688. The van der Waals surface area contributed by atoms with Crippen molar-refractivity contribution in [3.8, 4) is 5.69 Å². The summed E-state index contributed by atoms with van der Waals surface area (Å²) in [4.78, 5) is 12.4. The van der Waals surface area contributed by atoms with E-state index in [2.05, 4.69) is 89.7 Å². The van der Waals surface area contributed by atoms with Gasteiger partial charge in [0, 0.05) is 19.4 Å². The van der Waals surface area contributed by atoms with Crippen molar-refractivity contribution in [1.82, 2.24) is 20.2 Å². The minimum absolute atomic E-state index is 0.157. The van der Waals surface area contributed by atoms with Crippen LogP contribution in [0.5, 0.6) is 0 Å². The molecule has 0 saturated carbocycles. The van der Waals surface area contributed by atoms with Gasteiger partial charge in [0.1, 0.15) is 0 Å². The summed E-state index contributed by atoms with van der Waals surface area (Å²) in [7, 11) is 0. The molecule has 0 bridgehead atoms. The van der Waals surface area contributed by atoms with Crippen LogP contribution in [0.4, 0.5) is 5.69 Å². The van der Waals surface area contributed by atoms with Crippen LogP contribution in [-0.4, -0.2) is 32.6 Å². The van der Waals surface area contributed by atoms with Crippen molar-refractivity contribution in [2.45, 2.75) is 18.6 Å². The number of amides is 1. The number of aromatic nitrogens is 3. The van der Waals surface area contributed by atoms with Gasteiger partial charge in [-0.15, -0.1) is 10.2 Å². The molecule has 0 spiro atoms. The van der Waals surface area contributed by atoms with Gasteiger partial charge in [0.15, 0.2) is 11.0 Å². The lowest BCUT2D eigenvalue weighted by atomic mass is 10.2. The molecule has 35 heavy (non-hydrogen) atoms. The minimum atomic E-state index is -0.224. The van der Waals surface area contributed by atoms with E-state index in [4.69, 9.17) is 0 Å². The van der Waals surface area contributed by atoms with Gasteiger partial charge in [0.2, 0.25) is 0 Å². The molecule has 178 valence electrons. The van der Waals surface area contributed by atoms with E-state index in [1.54, 1.807) is 6.21 Å². The summed E-state index contributed by atoms with van der Waals surface area (Å²) in [6.45, 7) is 2.57. The summed E-state index contributed by atoms with van der Waals surface area (Å²) >= 11 is 7.04. The SMILES string of the molecule is Cc1cc(I)ccc1NCc1nnc(SCC(=O)N/N=C\c2cccc(Br)c2)n1-c1ccccc1. The van der Waals surface area contributed by atoms with Gasteiger partial charge in [0.25, 0.3) is 5.91 Å². The predicted molar refractivity (Wildman–Crippen MR) is 153 cm³/mol. The van der Waals surface area contributed by atoms with E-state index >= 15 is 0 Å². The molecule has 10 heteroatoms. The Morgan fingerprint density at radius 1 is 1.11 bits per heavy atom. The topological polar surface area (TPSA) is 84.2 Å². The molecule has 1 amide bonds. The number of halogens is 2. The van der Waals surface area contributed by atoms with E-state index in [1.807, 2.05) is 59.2 Å². The Morgan fingerprint density at radius 2 is 1.94 bits per heavy atom. The molecular weight excluding hydrogens is 639 g/mol. The third kappa shape index (κ3) is 7.15. The molecule has 1 aromatic heterocycles. The van der Waals surface area contributed by atoms with Gasteiger partial charge in [0.05, 0.1) is 18.5 Å². The summed E-state index contributed by atoms with van der Waals surface area (Å²) in [5, 5.41) is 16.9. The number of para-hydroxylation sites is 1. The average molecular weight is 661 g/mol. The Bertz CT molecular complexity index is 1350. The zero-order chi connectivity index (χ0) is 24.6. The molecule has 2 N–H and O–H groups in total. The highest BCUT2D eigenvalue weighted by atomic mass is 127. The quantitative estimate of drug-likeness (QED) is 0.103. The van der Waals surface area contributed by atoms with Crippen LogP contribution in [0.15, 0.2) is 87.5 Å². The Hall–Kier alpha value is -2.70. The van der Waals surface area contributed by atoms with Gasteiger partial charge in [-0.1, -0.05) is 58.0 Å². The molecular formula is C25H22BrIN6OS. The fourth-order valence-electron chi connectivity index (χ4n) is 3.27. The second-order valence-electron chi connectivity index (χ2n) is 7.52. The number of nitrogens with one attached hydrogen (secondary N) is 2. The number of hydrogen-bond donors (Lipinski definition) is 2. The Balaban J connectivity index is 1.44. The zero-order valence-electron chi connectivity index (χ0n) is 18.8. The fraction of sp³-hybridized carbons (Fsp3) is 0.120. The molecule has 0 fully saturated rings. The average Bonchev–Trinajstić information content (AvgIpc) is 3.25. The van der Waals surface area contributed by atoms with Crippen LogP contribution < -0.4 is 10.7 Å². The normalized spacial score (nSPS) is 11.1. The molecule has 7 nitrogen and oxygen atoms in total. The molecule has 0 atom stereocenters. The second-order valence-corrected chi connectivity index (χ2v) is 10.6. The molecule has 0 aliphatic carbocycles. The molecule has 0 aliphatic heterocycles. The molecule has 0 radical (unpaired) electrons. The van der Waals surface area contributed by atoms with Crippen molar-refractivity contribution >= 4 is 68.1 Å². The summed E-state index contributed by atoms with van der Waals surface area (Å²) < 4.78 is 4.11. The van der Waals surface area contributed by atoms with Crippen molar-refractivity contribution in [2.75, 3.05) is 11.1 Å². The van der Waals surface area contributed by atoms with Gasteiger partial charge in [-0.05, 0) is 83.1 Å². The highest BCUT2D eigenvalue weighted by Gasteiger charge is 2.16. The van der Waals surface area contributed by atoms with Crippen LogP contribution in [0.2, 0.25) is 0 Å². The first kappa shape index (κ1) is 25.4. The highest BCUT2D eigenvalue weighted by Crippen LogP contribution is 2.24. The molecule has 3 aromatic carbocycles. The van der Waals surface area contributed by atoms with E-state index in [1.165, 1.54) is 15.3 Å². The van der Waals surface area contributed by atoms with Gasteiger partial charge >= 0.3 is 0 Å². The Labute approximate surface area is 230 Å². The smallest absolute Gasteiger partial charge is 0.250 e. The predicted octanol–water partition coefficient (Wildman–Crippen LogP) is 5.80. The van der Waals surface area contributed by atoms with Crippen molar-refractivity contribution in [1.29, 1.82) is 0 Å². The number of hydrazone groups is 1. The van der Waals surface area contributed by atoms with E-state index < -0.39 is 0 Å². The van der Waals surface area contributed by atoms with Gasteiger partial charge in [-0.25, -0.2) is 5.43 Å². The maximum absolute atomic E-state index is 12.4. The van der Waals surface area contributed by atoms with E-state index in [0.29, 0.717) is 11.7 Å². The molecule has 4 rings (SSSR count). The number of carbonyl (C=O) groups excluding carboxylic acids is 1. The molecule has 4 aromatic rings. The van der Waals surface area contributed by atoms with Crippen LogP contribution in [0.25, 0.3) is 5.69 Å². The van der Waals surface area contributed by atoms with Crippen LogP contribution in [-0.2, 0) is 11.3 Å². The molecule has 1 heterocycles. The molecule has 0 aliphatic rings. The second kappa shape index (κ2) is 12.3. The first-order valence-electron chi connectivity index (χ1n) is 10.7. The third-order valence-electron chi connectivity index (χ3n) is 4.92. The first-order valence-corrected chi connectivity index (χ1v) is 13.6. The molecule has 0 saturated heterocycles. The van der Waals surface area contributed by atoms with Crippen molar-refractivity contribution in [3.05, 3.63) is 97.8 Å². The van der Waals surface area contributed by atoms with E-state index in [0.717, 1.165) is 32.8 Å². The number of anilines is 1. The van der Waals surface area contributed by atoms with E-state index in [9.17, 15) is 4.79 Å². The third-order valence-corrected chi connectivity index (χ3v) is 7.02. The van der Waals surface area contributed by atoms with Crippen LogP contribution in [0.3, 0.4) is 0 Å². The largest absolute Gasteiger partial charge is 0.378 e. The van der Waals surface area contributed by atoms with Gasteiger partial charge < -0.3 is 5.32 Å². The lowest BCUT2D eigenvalue weighted by molar-refractivity contribution is -0.118. The lowest BCUT2D eigenvalue weighted by Crippen LogP contribution is -2.20. The van der Waals surface area contributed by atoms with Crippen LogP contribution in [0.1, 0.15) is 17.0 Å². The van der Waals surface area contributed by atoms with Gasteiger partial charge in [-0.3, -0.25) is 9.36 Å². The first-order chi connectivity index (χ1) is 17.0. The van der Waals surface area contributed by atoms with Crippen LogP contribution >= 0.6 is 50.3 Å². The monoisotopic (exact) mass is 660 g/mol. The number of hydrogen-bond acceptors (Lipinski definition) is 6. The number of aryl methyl sites for hydroxylation is 1. The number of rotatable bonds is 9.